The van der Waals surface area contributed by atoms with Crippen LogP contribution in [0.3, 0.4) is 0 Å². The molecule has 3 saturated carbocycles. The summed E-state index contributed by atoms with van der Waals surface area (Å²) in [5, 5.41) is 34.6. The molecule has 3 fully saturated rings. The summed E-state index contributed by atoms with van der Waals surface area (Å²) >= 11 is 0. The third kappa shape index (κ3) is 4.17. The summed E-state index contributed by atoms with van der Waals surface area (Å²) in [6, 6.07) is 5.90. The SMILES string of the molecule is C[C@H]1C[C@@H]2[C@H]([C@@H](O)C[C@@]3(C)[C@H]2CC[C@]3(O)C(=O)CC(=O)OCc2ccccc2[N+](=O)[O-])[C@@]2(C)C=CC(=O)C=C12. The first-order chi connectivity index (χ1) is 18.3. The number of nitro groups is 1. The fourth-order valence-corrected chi connectivity index (χ4v) is 8.51. The number of ketones is 2. The number of carbonyl (C=O) groups excluding carboxylic acids is 3. The van der Waals surface area contributed by atoms with Gasteiger partial charge in [-0.3, -0.25) is 24.5 Å². The Bertz CT molecular complexity index is 1300. The molecule has 5 rings (SSSR count). The van der Waals surface area contributed by atoms with Crippen molar-refractivity contribution in [1.29, 1.82) is 0 Å². The topological polar surface area (TPSA) is 144 Å². The molecule has 0 spiro atoms. The number of rotatable bonds is 6. The Morgan fingerprint density at radius 2 is 1.95 bits per heavy atom. The zero-order valence-electron chi connectivity index (χ0n) is 22.5. The van der Waals surface area contributed by atoms with E-state index in [9.17, 15) is 34.7 Å². The Balaban J connectivity index is 1.34. The average molecular weight is 538 g/mol. The molecule has 1 aromatic rings. The second-order valence-electron chi connectivity index (χ2n) is 12.3. The predicted molar refractivity (Wildman–Crippen MR) is 140 cm³/mol. The number of Topliss-reactive ketones (excluding diaryl/α,β-unsaturated/α-hetero) is 1. The van der Waals surface area contributed by atoms with Gasteiger partial charge in [-0.25, -0.2) is 0 Å². The van der Waals surface area contributed by atoms with Gasteiger partial charge >= 0.3 is 5.97 Å². The smallest absolute Gasteiger partial charge is 0.313 e. The summed E-state index contributed by atoms with van der Waals surface area (Å²) in [4.78, 5) is 48.9. The number of ether oxygens (including phenoxy) is 1. The number of allylic oxidation sites excluding steroid dienone is 4. The van der Waals surface area contributed by atoms with E-state index in [2.05, 4.69) is 13.8 Å². The molecule has 39 heavy (non-hydrogen) atoms. The standard InChI is InChI=1S/C30H35NO8/c1-17-12-20-21-9-11-30(36,25(34)14-26(35)39-16-18-6-4-5-7-23(18)31(37)38)29(21,3)15-24(33)27(20)28(2)10-8-19(32)13-22(17)28/h4-8,10,13,17,20-21,24,27,33,36H,9,11-12,14-16H2,1-3H3/t17-,20-,21-,24-,27+,28-,29-,30-/m0/s1. The van der Waals surface area contributed by atoms with Crippen molar-refractivity contribution in [2.45, 2.75) is 71.2 Å². The number of aliphatic hydroxyl groups excluding tert-OH is 1. The highest BCUT2D eigenvalue weighted by molar-refractivity contribution is 6.01. The van der Waals surface area contributed by atoms with Crippen molar-refractivity contribution in [3.05, 3.63) is 63.7 Å². The Hall–Kier alpha value is -3.17. The van der Waals surface area contributed by atoms with Gasteiger partial charge in [-0.2, -0.15) is 0 Å². The Morgan fingerprint density at radius 1 is 1.23 bits per heavy atom. The second-order valence-corrected chi connectivity index (χ2v) is 12.3. The number of esters is 1. The molecule has 0 bridgehead atoms. The van der Waals surface area contributed by atoms with E-state index >= 15 is 0 Å². The maximum atomic E-state index is 13.5. The fraction of sp³-hybridized carbons (Fsp3) is 0.567. The molecule has 8 atom stereocenters. The zero-order chi connectivity index (χ0) is 28.3. The number of aliphatic hydroxyl groups is 2. The van der Waals surface area contributed by atoms with E-state index < -0.39 is 45.6 Å². The van der Waals surface area contributed by atoms with Crippen LogP contribution in [0.1, 0.15) is 58.4 Å². The van der Waals surface area contributed by atoms with Gasteiger partial charge in [-0.15, -0.1) is 0 Å². The van der Waals surface area contributed by atoms with E-state index in [4.69, 9.17) is 4.74 Å². The lowest BCUT2D eigenvalue weighted by Crippen LogP contribution is -2.62. The molecular formula is C30H35NO8. The van der Waals surface area contributed by atoms with Crippen molar-refractivity contribution < 1.29 is 34.3 Å². The maximum Gasteiger partial charge on any atom is 0.313 e. The van der Waals surface area contributed by atoms with Crippen molar-refractivity contribution in [3.8, 4) is 0 Å². The van der Waals surface area contributed by atoms with E-state index in [1.54, 1.807) is 18.2 Å². The maximum absolute atomic E-state index is 13.5. The van der Waals surface area contributed by atoms with Crippen LogP contribution in [0.15, 0.2) is 48.1 Å². The van der Waals surface area contributed by atoms with Gasteiger partial charge in [0.1, 0.15) is 18.6 Å². The van der Waals surface area contributed by atoms with Crippen LogP contribution in [0.4, 0.5) is 5.69 Å². The first-order valence-corrected chi connectivity index (χ1v) is 13.6. The lowest BCUT2D eigenvalue weighted by atomic mass is 9.44. The summed E-state index contributed by atoms with van der Waals surface area (Å²) in [5.74, 6) is -1.61. The van der Waals surface area contributed by atoms with Crippen molar-refractivity contribution in [2.24, 2.45) is 34.5 Å². The van der Waals surface area contributed by atoms with Gasteiger partial charge in [-0.05, 0) is 61.7 Å². The average Bonchev–Trinajstić information content (AvgIpc) is 3.15. The predicted octanol–water partition coefficient (Wildman–Crippen LogP) is 3.85. The minimum atomic E-state index is -1.81. The minimum absolute atomic E-state index is 0.0289. The van der Waals surface area contributed by atoms with E-state index in [1.165, 1.54) is 18.2 Å². The Labute approximate surface area is 227 Å². The first-order valence-electron chi connectivity index (χ1n) is 13.6. The molecule has 0 amide bonds. The lowest BCUT2D eigenvalue weighted by Gasteiger charge is -2.60. The molecule has 9 nitrogen and oxygen atoms in total. The highest BCUT2D eigenvalue weighted by atomic mass is 16.6. The van der Waals surface area contributed by atoms with Gasteiger partial charge in [0.05, 0.1) is 16.6 Å². The van der Waals surface area contributed by atoms with Crippen LogP contribution in [0.5, 0.6) is 0 Å². The van der Waals surface area contributed by atoms with Crippen LogP contribution in [-0.4, -0.2) is 44.4 Å². The summed E-state index contributed by atoms with van der Waals surface area (Å²) in [6.45, 7) is 5.65. The third-order valence-corrected chi connectivity index (χ3v) is 10.3. The van der Waals surface area contributed by atoms with Gasteiger partial charge in [0.25, 0.3) is 5.69 Å². The van der Waals surface area contributed by atoms with E-state index in [-0.39, 0.29) is 60.2 Å². The van der Waals surface area contributed by atoms with Crippen molar-refractivity contribution >= 4 is 23.2 Å². The largest absolute Gasteiger partial charge is 0.460 e. The summed E-state index contributed by atoms with van der Waals surface area (Å²) in [5.41, 5.74) is -2.16. The van der Waals surface area contributed by atoms with Crippen LogP contribution in [0, 0.1) is 44.6 Å². The molecule has 0 unspecified atom stereocenters. The van der Waals surface area contributed by atoms with E-state index in [0.717, 1.165) is 12.0 Å². The van der Waals surface area contributed by atoms with Crippen LogP contribution in [-0.2, 0) is 25.7 Å². The first kappa shape index (κ1) is 27.4. The Kier molecular flexibility index (Phi) is 6.66. The monoisotopic (exact) mass is 537 g/mol. The fourth-order valence-electron chi connectivity index (χ4n) is 8.51. The molecule has 1 aromatic carbocycles. The molecule has 4 aliphatic rings. The lowest BCUT2D eigenvalue weighted by molar-refractivity contribution is -0.385. The van der Waals surface area contributed by atoms with E-state index in [1.807, 2.05) is 13.0 Å². The van der Waals surface area contributed by atoms with Crippen molar-refractivity contribution in [1.82, 2.24) is 0 Å². The molecule has 208 valence electrons. The van der Waals surface area contributed by atoms with Crippen molar-refractivity contribution in [3.63, 3.8) is 0 Å². The quantitative estimate of drug-likeness (QED) is 0.241. The molecule has 0 heterocycles. The van der Waals surface area contributed by atoms with Crippen LogP contribution < -0.4 is 0 Å². The summed E-state index contributed by atoms with van der Waals surface area (Å²) in [7, 11) is 0. The van der Waals surface area contributed by atoms with Gasteiger partial charge in [-0.1, -0.05) is 44.6 Å². The molecule has 9 heteroatoms. The molecular weight excluding hydrogens is 502 g/mol. The Morgan fingerprint density at radius 3 is 2.67 bits per heavy atom. The molecule has 0 radical (unpaired) electrons. The van der Waals surface area contributed by atoms with Crippen molar-refractivity contribution in [2.75, 3.05) is 0 Å². The highest BCUT2D eigenvalue weighted by Gasteiger charge is 2.68. The minimum Gasteiger partial charge on any atom is -0.460 e. The molecule has 4 aliphatic carbocycles. The van der Waals surface area contributed by atoms with Gasteiger partial charge in [0.2, 0.25) is 0 Å². The molecule has 0 saturated heterocycles. The second kappa shape index (κ2) is 9.48. The van der Waals surface area contributed by atoms with E-state index in [0.29, 0.717) is 6.42 Å². The van der Waals surface area contributed by atoms with Gasteiger partial charge in [0, 0.05) is 22.8 Å². The molecule has 0 aromatic heterocycles. The van der Waals surface area contributed by atoms with Gasteiger partial charge in [0.15, 0.2) is 11.6 Å². The molecule has 0 aliphatic heterocycles. The number of hydrogen-bond acceptors (Lipinski definition) is 8. The van der Waals surface area contributed by atoms with Crippen LogP contribution >= 0.6 is 0 Å². The van der Waals surface area contributed by atoms with Crippen LogP contribution in [0.25, 0.3) is 0 Å². The molecule has 2 N–H and O–H groups in total. The zero-order valence-corrected chi connectivity index (χ0v) is 22.5. The van der Waals surface area contributed by atoms with Crippen LogP contribution in [0.2, 0.25) is 0 Å². The summed E-state index contributed by atoms with van der Waals surface area (Å²) < 4.78 is 5.20. The number of fused-ring (bicyclic) bond motifs is 5. The number of benzene rings is 1. The normalized spacial score (nSPS) is 38.7. The summed E-state index contributed by atoms with van der Waals surface area (Å²) in [6.07, 6.45) is 5.44. The number of carbonyl (C=O) groups is 3. The van der Waals surface area contributed by atoms with Gasteiger partial charge < -0.3 is 14.9 Å². The highest BCUT2D eigenvalue weighted by Crippen LogP contribution is 2.67. The third-order valence-electron chi connectivity index (χ3n) is 10.3. The number of para-hydroxylation sites is 1. The number of hydrogen-bond donors (Lipinski definition) is 2. The number of nitrogens with zero attached hydrogens (tertiary/aromatic N) is 1. The number of nitro benzene ring substituents is 1.